The Morgan fingerprint density at radius 1 is 1.13 bits per heavy atom. The molecule has 0 saturated carbocycles. The highest BCUT2D eigenvalue weighted by molar-refractivity contribution is 6.04. The quantitative estimate of drug-likeness (QED) is 0.530. The molecule has 3 N–H and O–H groups in total. The minimum atomic E-state index is -0.314. The van der Waals surface area contributed by atoms with Gasteiger partial charge in [0.2, 0.25) is 5.95 Å². The molecular formula is C22H18N8O. The Labute approximate surface area is 177 Å². The molecule has 1 aliphatic rings. The van der Waals surface area contributed by atoms with Crippen LogP contribution in [0.5, 0.6) is 0 Å². The number of nitrogens with two attached hydrogens (primary N) is 1. The fourth-order valence-electron chi connectivity index (χ4n) is 3.53. The third kappa shape index (κ3) is 3.30. The van der Waals surface area contributed by atoms with Gasteiger partial charge in [-0.3, -0.25) is 9.20 Å². The standard InChI is InChI=1S/C22H18N8O/c23-13-14-6-7-25-17(12-14)27-21(31)16-4-2-15(3-5-16)18-19-20(24)26-8-11-30(19)22(28-18)29-9-1-10-29/h2-8,11-12H,1,9-10H2,(H2,24,26)(H,25,27,31). The molecule has 3 aromatic heterocycles. The fourth-order valence-corrected chi connectivity index (χ4v) is 3.53. The summed E-state index contributed by atoms with van der Waals surface area (Å²) < 4.78 is 1.96. The lowest BCUT2D eigenvalue weighted by atomic mass is 10.1. The van der Waals surface area contributed by atoms with Gasteiger partial charge in [0.25, 0.3) is 5.91 Å². The van der Waals surface area contributed by atoms with Gasteiger partial charge in [-0.25, -0.2) is 15.0 Å². The maximum absolute atomic E-state index is 12.6. The SMILES string of the molecule is N#Cc1ccnc(NC(=O)c2ccc(-c3nc(N4CCC4)n4ccnc(N)c34)cc2)c1. The average Bonchev–Trinajstić information content (AvgIpc) is 3.13. The molecule has 1 amide bonds. The van der Waals surface area contributed by atoms with E-state index in [1.54, 1.807) is 24.4 Å². The lowest BCUT2D eigenvalue weighted by Gasteiger charge is -2.31. The number of nitriles is 1. The molecule has 152 valence electrons. The lowest BCUT2D eigenvalue weighted by Crippen LogP contribution is -2.38. The summed E-state index contributed by atoms with van der Waals surface area (Å²) in [6, 6.07) is 12.2. The van der Waals surface area contributed by atoms with Crippen LogP contribution in [0.4, 0.5) is 17.6 Å². The highest BCUT2D eigenvalue weighted by Gasteiger charge is 2.23. The van der Waals surface area contributed by atoms with E-state index in [-0.39, 0.29) is 5.91 Å². The van der Waals surface area contributed by atoms with Crippen molar-refractivity contribution in [1.29, 1.82) is 5.26 Å². The summed E-state index contributed by atoms with van der Waals surface area (Å²) in [6.07, 6.45) is 6.15. The molecule has 9 heteroatoms. The zero-order valence-electron chi connectivity index (χ0n) is 16.5. The molecule has 0 spiro atoms. The minimum absolute atomic E-state index is 0.314. The van der Waals surface area contributed by atoms with Gasteiger partial charge < -0.3 is 16.0 Å². The largest absolute Gasteiger partial charge is 0.382 e. The predicted octanol–water partition coefficient (Wildman–Crippen LogP) is 2.71. The van der Waals surface area contributed by atoms with Crippen molar-refractivity contribution in [2.24, 2.45) is 0 Å². The number of nitrogen functional groups attached to an aromatic ring is 1. The Bertz CT molecular complexity index is 1330. The van der Waals surface area contributed by atoms with Crippen molar-refractivity contribution in [3.8, 4) is 17.3 Å². The van der Waals surface area contributed by atoms with Gasteiger partial charge >= 0.3 is 0 Å². The Morgan fingerprint density at radius 2 is 1.94 bits per heavy atom. The number of carbonyl (C=O) groups excluding carboxylic acids is 1. The number of carbonyl (C=O) groups is 1. The highest BCUT2D eigenvalue weighted by atomic mass is 16.1. The van der Waals surface area contributed by atoms with E-state index >= 15 is 0 Å². The number of hydrogen-bond acceptors (Lipinski definition) is 7. The Balaban J connectivity index is 1.46. The minimum Gasteiger partial charge on any atom is -0.382 e. The maximum atomic E-state index is 12.6. The summed E-state index contributed by atoms with van der Waals surface area (Å²) >= 11 is 0. The number of nitrogens with one attached hydrogen (secondary N) is 1. The van der Waals surface area contributed by atoms with E-state index in [0.717, 1.165) is 42.2 Å². The van der Waals surface area contributed by atoms with E-state index in [1.165, 1.54) is 12.3 Å². The highest BCUT2D eigenvalue weighted by Crippen LogP contribution is 2.32. The molecule has 5 rings (SSSR count). The van der Waals surface area contributed by atoms with Crippen LogP contribution in [0.25, 0.3) is 16.8 Å². The van der Waals surface area contributed by atoms with Gasteiger partial charge in [-0.1, -0.05) is 12.1 Å². The first-order valence-electron chi connectivity index (χ1n) is 9.79. The first-order valence-corrected chi connectivity index (χ1v) is 9.79. The third-order valence-electron chi connectivity index (χ3n) is 5.25. The first kappa shape index (κ1) is 18.6. The van der Waals surface area contributed by atoms with E-state index in [0.29, 0.717) is 22.8 Å². The number of anilines is 3. The van der Waals surface area contributed by atoms with Crippen LogP contribution in [0, 0.1) is 11.3 Å². The summed E-state index contributed by atoms with van der Waals surface area (Å²) in [5.41, 5.74) is 9.37. The van der Waals surface area contributed by atoms with Crippen molar-refractivity contribution in [3.05, 3.63) is 66.1 Å². The molecule has 1 aliphatic heterocycles. The third-order valence-corrected chi connectivity index (χ3v) is 5.25. The number of fused-ring (bicyclic) bond motifs is 1. The van der Waals surface area contributed by atoms with Crippen molar-refractivity contribution in [3.63, 3.8) is 0 Å². The number of rotatable bonds is 4. The molecule has 1 fully saturated rings. The van der Waals surface area contributed by atoms with Crippen LogP contribution in [0.2, 0.25) is 0 Å². The zero-order chi connectivity index (χ0) is 21.4. The van der Waals surface area contributed by atoms with Gasteiger partial charge in [-0.2, -0.15) is 5.26 Å². The Kier molecular flexibility index (Phi) is 4.45. The fraction of sp³-hybridized carbons (Fsp3) is 0.136. The molecule has 0 atom stereocenters. The monoisotopic (exact) mass is 410 g/mol. The maximum Gasteiger partial charge on any atom is 0.256 e. The molecule has 1 saturated heterocycles. The Hall–Kier alpha value is -4.45. The average molecular weight is 410 g/mol. The number of amides is 1. The van der Waals surface area contributed by atoms with E-state index in [9.17, 15) is 4.79 Å². The van der Waals surface area contributed by atoms with Gasteiger partial charge in [0.15, 0.2) is 0 Å². The van der Waals surface area contributed by atoms with Crippen LogP contribution in [-0.2, 0) is 0 Å². The van der Waals surface area contributed by atoms with E-state index in [2.05, 4.69) is 20.2 Å². The molecule has 0 aliphatic carbocycles. The molecule has 4 heterocycles. The smallest absolute Gasteiger partial charge is 0.256 e. The van der Waals surface area contributed by atoms with Gasteiger partial charge in [-0.15, -0.1) is 0 Å². The van der Waals surface area contributed by atoms with Crippen molar-refractivity contribution < 1.29 is 4.79 Å². The molecule has 9 nitrogen and oxygen atoms in total. The summed E-state index contributed by atoms with van der Waals surface area (Å²) in [5, 5.41) is 11.7. The van der Waals surface area contributed by atoms with Crippen LogP contribution in [0.1, 0.15) is 22.3 Å². The second-order valence-corrected chi connectivity index (χ2v) is 7.21. The topological polar surface area (TPSA) is 125 Å². The summed E-state index contributed by atoms with van der Waals surface area (Å²) in [7, 11) is 0. The summed E-state index contributed by atoms with van der Waals surface area (Å²) in [6.45, 7) is 1.92. The van der Waals surface area contributed by atoms with E-state index < -0.39 is 0 Å². The van der Waals surface area contributed by atoms with Crippen LogP contribution in [-0.4, -0.2) is 38.3 Å². The van der Waals surface area contributed by atoms with Crippen molar-refractivity contribution in [2.75, 3.05) is 29.0 Å². The van der Waals surface area contributed by atoms with Gasteiger partial charge in [0.05, 0.1) is 11.6 Å². The lowest BCUT2D eigenvalue weighted by molar-refractivity contribution is 0.102. The second kappa shape index (κ2) is 7.42. The molecule has 0 radical (unpaired) electrons. The summed E-state index contributed by atoms with van der Waals surface area (Å²) in [4.78, 5) is 27.9. The van der Waals surface area contributed by atoms with Crippen LogP contribution < -0.4 is 16.0 Å². The number of aromatic nitrogens is 4. The van der Waals surface area contributed by atoms with Crippen LogP contribution in [0.15, 0.2) is 55.0 Å². The summed E-state index contributed by atoms with van der Waals surface area (Å²) in [5.74, 6) is 1.26. The van der Waals surface area contributed by atoms with Crippen LogP contribution in [0.3, 0.4) is 0 Å². The number of benzene rings is 1. The molecular weight excluding hydrogens is 392 g/mol. The zero-order valence-corrected chi connectivity index (χ0v) is 16.5. The van der Waals surface area contributed by atoms with Gasteiger partial charge in [0, 0.05) is 42.8 Å². The van der Waals surface area contributed by atoms with E-state index in [1.807, 2.05) is 28.8 Å². The molecule has 4 aromatic rings. The van der Waals surface area contributed by atoms with Gasteiger partial charge in [0.1, 0.15) is 22.8 Å². The van der Waals surface area contributed by atoms with Crippen molar-refractivity contribution >= 4 is 29.0 Å². The predicted molar refractivity (Wildman–Crippen MR) is 117 cm³/mol. The van der Waals surface area contributed by atoms with Crippen molar-refractivity contribution in [1.82, 2.24) is 19.4 Å². The number of imidazole rings is 1. The Morgan fingerprint density at radius 3 is 2.65 bits per heavy atom. The van der Waals surface area contributed by atoms with Gasteiger partial charge in [-0.05, 0) is 30.7 Å². The molecule has 0 unspecified atom stereocenters. The second-order valence-electron chi connectivity index (χ2n) is 7.21. The number of hydrogen-bond donors (Lipinski definition) is 2. The molecule has 1 aromatic carbocycles. The number of nitrogens with zero attached hydrogens (tertiary/aromatic N) is 6. The van der Waals surface area contributed by atoms with Crippen LogP contribution >= 0.6 is 0 Å². The van der Waals surface area contributed by atoms with Crippen molar-refractivity contribution in [2.45, 2.75) is 6.42 Å². The number of pyridine rings is 1. The normalized spacial score (nSPS) is 12.9. The molecule has 31 heavy (non-hydrogen) atoms. The first-order chi connectivity index (χ1) is 15.1. The molecule has 0 bridgehead atoms. The van der Waals surface area contributed by atoms with E-state index in [4.69, 9.17) is 16.0 Å².